The fourth-order valence-corrected chi connectivity index (χ4v) is 1.67. The van der Waals surface area contributed by atoms with E-state index in [-0.39, 0.29) is 5.78 Å². The van der Waals surface area contributed by atoms with Crippen molar-refractivity contribution in [2.24, 2.45) is 0 Å². The lowest BCUT2D eigenvalue weighted by Crippen LogP contribution is -2.03. The largest absolute Gasteiger partial charge is 0.472 e. The smallest absolute Gasteiger partial charge is 0.198 e. The van der Waals surface area contributed by atoms with Crippen LogP contribution in [0.15, 0.2) is 45.7 Å². The molecule has 0 saturated heterocycles. The van der Waals surface area contributed by atoms with Gasteiger partial charge < -0.3 is 10.2 Å². The van der Waals surface area contributed by atoms with Crippen LogP contribution >= 0.6 is 15.9 Å². The van der Waals surface area contributed by atoms with E-state index in [1.807, 2.05) is 0 Å². The van der Waals surface area contributed by atoms with Crippen LogP contribution in [0.5, 0.6) is 0 Å². The van der Waals surface area contributed by atoms with Crippen molar-refractivity contribution in [1.82, 2.24) is 0 Å². The van der Waals surface area contributed by atoms with Crippen LogP contribution in [-0.4, -0.2) is 5.78 Å². The molecule has 76 valence electrons. The van der Waals surface area contributed by atoms with Crippen LogP contribution in [0.25, 0.3) is 0 Å². The normalized spacial score (nSPS) is 10.2. The Kier molecular flexibility index (Phi) is 2.60. The first-order valence-electron chi connectivity index (χ1n) is 4.30. The molecule has 0 atom stereocenters. The van der Waals surface area contributed by atoms with Crippen molar-refractivity contribution < 1.29 is 9.21 Å². The summed E-state index contributed by atoms with van der Waals surface area (Å²) in [7, 11) is 0. The Morgan fingerprint density at radius 3 is 2.73 bits per heavy atom. The minimum atomic E-state index is -0.131. The molecule has 4 heteroatoms. The van der Waals surface area contributed by atoms with E-state index < -0.39 is 0 Å². The molecule has 0 amide bonds. The SMILES string of the molecule is Nc1cc(Br)ccc1C(=O)c1ccoc1. The maximum absolute atomic E-state index is 11.9. The van der Waals surface area contributed by atoms with Crippen LogP contribution in [-0.2, 0) is 0 Å². The number of ketones is 1. The molecule has 1 aromatic heterocycles. The van der Waals surface area contributed by atoms with E-state index in [1.165, 1.54) is 12.5 Å². The summed E-state index contributed by atoms with van der Waals surface area (Å²) in [6, 6.07) is 6.79. The number of carbonyl (C=O) groups excluding carboxylic acids is 1. The number of halogens is 1. The Bertz CT molecular complexity index is 491. The van der Waals surface area contributed by atoms with Crippen LogP contribution in [0.2, 0.25) is 0 Å². The van der Waals surface area contributed by atoms with Gasteiger partial charge >= 0.3 is 0 Å². The zero-order chi connectivity index (χ0) is 10.8. The number of nitrogen functional groups attached to an aromatic ring is 1. The average Bonchev–Trinajstić information content (AvgIpc) is 2.69. The minimum Gasteiger partial charge on any atom is -0.472 e. The van der Waals surface area contributed by atoms with Gasteiger partial charge in [0.25, 0.3) is 0 Å². The molecule has 0 saturated carbocycles. The summed E-state index contributed by atoms with van der Waals surface area (Å²) in [6.45, 7) is 0. The number of furan rings is 1. The molecule has 0 fully saturated rings. The summed E-state index contributed by atoms with van der Waals surface area (Å²) in [5, 5.41) is 0. The van der Waals surface area contributed by atoms with E-state index in [4.69, 9.17) is 10.2 Å². The van der Waals surface area contributed by atoms with E-state index >= 15 is 0 Å². The van der Waals surface area contributed by atoms with Crippen LogP contribution < -0.4 is 5.73 Å². The first-order valence-corrected chi connectivity index (χ1v) is 5.09. The second-order valence-electron chi connectivity index (χ2n) is 3.07. The highest BCUT2D eigenvalue weighted by molar-refractivity contribution is 9.10. The van der Waals surface area contributed by atoms with Crippen molar-refractivity contribution in [2.75, 3.05) is 5.73 Å². The molecule has 0 aliphatic carbocycles. The van der Waals surface area contributed by atoms with Gasteiger partial charge in [0.05, 0.1) is 11.8 Å². The van der Waals surface area contributed by atoms with E-state index in [0.717, 1.165) is 4.47 Å². The molecular formula is C11H8BrNO2. The molecule has 0 bridgehead atoms. The summed E-state index contributed by atoms with van der Waals surface area (Å²) in [6.07, 6.45) is 2.87. The maximum Gasteiger partial charge on any atom is 0.198 e. The van der Waals surface area contributed by atoms with Gasteiger partial charge in [-0.1, -0.05) is 15.9 Å². The van der Waals surface area contributed by atoms with Gasteiger partial charge in [-0.25, -0.2) is 0 Å². The van der Waals surface area contributed by atoms with Crippen molar-refractivity contribution in [3.8, 4) is 0 Å². The first kappa shape index (κ1) is 9.98. The number of carbonyl (C=O) groups is 1. The second kappa shape index (κ2) is 3.90. The zero-order valence-corrected chi connectivity index (χ0v) is 9.32. The summed E-state index contributed by atoms with van der Waals surface area (Å²) in [5.41, 5.74) is 7.19. The Hall–Kier alpha value is -1.55. The van der Waals surface area contributed by atoms with E-state index in [0.29, 0.717) is 16.8 Å². The predicted molar refractivity (Wildman–Crippen MR) is 60.7 cm³/mol. The lowest BCUT2D eigenvalue weighted by Gasteiger charge is -2.03. The van der Waals surface area contributed by atoms with Crippen molar-refractivity contribution in [1.29, 1.82) is 0 Å². The second-order valence-corrected chi connectivity index (χ2v) is 3.99. The number of benzene rings is 1. The Balaban J connectivity index is 2.42. The van der Waals surface area contributed by atoms with Crippen LogP contribution in [0.4, 0.5) is 5.69 Å². The van der Waals surface area contributed by atoms with Crippen molar-refractivity contribution in [3.63, 3.8) is 0 Å². The maximum atomic E-state index is 11.9. The lowest BCUT2D eigenvalue weighted by molar-refractivity contribution is 0.103. The van der Waals surface area contributed by atoms with Gasteiger partial charge in [0.2, 0.25) is 0 Å². The molecule has 2 aromatic rings. The fraction of sp³-hybridized carbons (Fsp3) is 0. The van der Waals surface area contributed by atoms with E-state index in [9.17, 15) is 4.79 Å². The standard InChI is InChI=1S/C11H8BrNO2/c12-8-1-2-9(10(13)5-8)11(14)7-3-4-15-6-7/h1-6H,13H2. The minimum absolute atomic E-state index is 0.131. The summed E-state index contributed by atoms with van der Waals surface area (Å²) >= 11 is 3.28. The van der Waals surface area contributed by atoms with E-state index in [1.54, 1.807) is 24.3 Å². The van der Waals surface area contributed by atoms with Crippen LogP contribution in [0.1, 0.15) is 15.9 Å². The molecule has 2 N–H and O–H groups in total. The molecule has 15 heavy (non-hydrogen) atoms. The highest BCUT2D eigenvalue weighted by Gasteiger charge is 2.13. The van der Waals surface area contributed by atoms with Gasteiger partial charge in [0, 0.05) is 15.7 Å². The molecule has 1 heterocycles. The third-order valence-corrected chi connectivity index (χ3v) is 2.53. The molecule has 1 aromatic carbocycles. The van der Waals surface area contributed by atoms with Gasteiger partial charge in [-0.15, -0.1) is 0 Å². The highest BCUT2D eigenvalue weighted by Crippen LogP contribution is 2.21. The Morgan fingerprint density at radius 1 is 1.33 bits per heavy atom. The van der Waals surface area contributed by atoms with Crippen LogP contribution in [0.3, 0.4) is 0 Å². The van der Waals surface area contributed by atoms with Crippen LogP contribution in [0, 0.1) is 0 Å². The van der Waals surface area contributed by atoms with Crippen molar-refractivity contribution in [3.05, 3.63) is 52.4 Å². The number of hydrogen-bond acceptors (Lipinski definition) is 3. The molecule has 0 aliphatic rings. The number of rotatable bonds is 2. The van der Waals surface area contributed by atoms with Gasteiger partial charge in [0.1, 0.15) is 6.26 Å². The molecule has 0 aliphatic heterocycles. The van der Waals surface area contributed by atoms with Gasteiger partial charge in [-0.3, -0.25) is 4.79 Å². The van der Waals surface area contributed by atoms with Crippen molar-refractivity contribution >= 4 is 27.4 Å². The quantitative estimate of drug-likeness (QED) is 0.671. The predicted octanol–water partition coefficient (Wildman–Crippen LogP) is 2.86. The summed E-state index contributed by atoms with van der Waals surface area (Å²) < 4.78 is 5.70. The molecule has 0 unspecified atom stereocenters. The van der Waals surface area contributed by atoms with E-state index in [2.05, 4.69) is 15.9 Å². The van der Waals surface area contributed by atoms with Crippen molar-refractivity contribution in [2.45, 2.75) is 0 Å². The zero-order valence-electron chi connectivity index (χ0n) is 7.74. The number of nitrogens with two attached hydrogens (primary N) is 1. The number of anilines is 1. The molecule has 3 nitrogen and oxygen atoms in total. The molecule has 0 radical (unpaired) electrons. The third-order valence-electron chi connectivity index (χ3n) is 2.04. The first-order chi connectivity index (χ1) is 7.18. The van der Waals surface area contributed by atoms with Gasteiger partial charge in [-0.2, -0.15) is 0 Å². The summed E-state index contributed by atoms with van der Waals surface area (Å²) in [4.78, 5) is 11.9. The summed E-state index contributed by atoms with van der Waals surface area (Å²) in [5.74, 6) is -0.131. The third kappa shape index (κ3) is 1.94. The fourth-order valence-electron chi connectivity index (χ4n) is 1.29. The highest BCUT2D eigenvalue weighted by atomic mass is 79.9. The molecular weight excluding hydrogens is 258 g/mol. The lowest BCUT2D eigenvalue weighted by atomic mass is 10.0. The Morgan fingerprint density at radius 2 is 2.13 bits per heavy atom. The average molecular weight is 266 g/mol. The number of hydrogen-bond donors (Lipinski definition) is 1. The molecule has 2 rings (SSSR count). The molecule has 0 spiro atoms. The monoisotopic (exact) mass is 265 g/mol. The van der Waals surface area contributed by atoms with Gasteiger partial charge in [-0.05, 0) is 24.3 Å². The Labute approximate surface area is 95.0 Å². The van der Waals surface area contributed by atoms with Gasteiger partial charge in [0.15, 0.2) is 5.78 Å². The topological polar surface area (TPSA) is 56.2 Å².